The normalized spacial score (nSPS) is 21.4. The summed E-state index contributed by atoms with van der Waals surface area (Å²) in [4.78, 5) is 17.6. The van der Waals surface area contributed by atoms with E-state index >= 15 is 0 Å². The summed E-state index contributed by atoms with van der Waals surface area (Å²) in [6.45, 7) is 4.42. The predicted molar refractivity (Wildman–Crippen MR) is 60.2 cm³/mol. The number of nitrogens with one attached hydrogen (secondary N) is 2. The molecule has 82 valence electrons. The zero-order chi connectivity index (χ0) is 10.7. The van der Waals surface area contributed by atoms with Crippen molar-refractivity contribution in [3.63, 3.8) is 0 Å². The molecule has 0 bridgehead atoms. The number of piperazine rings is 1. The van der Waals surface area contributed by atoms with Crippen molar-refractivity contribution in [2.75, 3.05) is 25.0 Å². The van der Waals surface area contributed by atoms with Crippen LogP contribution in [0.25, 0.3) is 0 Å². The van der Waals surface area contributed by atoms with Gasteiger partial charge in [0, 0.05) is 37.3 Å². The van der Waals surface area contributed by atoms with E-state index in [1.54, 1.807) is 6.20 Å². The van der Waals surface area contributed by atoms with Crippen molar-refractivity contribution in [1.82, 2.24) is 15.2 Å². The van der Waals surface area contributed by atoms with Crippen molar-refractivity contribution < 1.29 is 4.79 Å². The Bertz CT molecular complexity index is 327. The second kappa shape index (κ2) is 4.59. The van der Waals surface area contributed by atoms with Crippen LogP contribution in [0.5, 0.6) is 0 Å². The number of rotatable bonds is 1. The number of thiazole rings is 1. The lowest BCUT2D eigenvalue weighted by Crippen LogP contribution is -2.52. The van der Waals surface area contributed by atoms with Crippen LogP contribution in [-0.4, -0.2) is 41.6 Å². The number of anilines is 1. The van der Waals surface area contributed by atoms with Crippen LogP contribution in [0.2, 0.25) is 0 Å². The Kier molecular flexibility index (Phi) is 3.17. The van der Waals surface area contributed by atoms with Crippen molar-refractivity contribution in [3.8, 4) is 0 Å². The fourth-order valence-corrected chi connectivity index (χ4v) is 2.09. The van der Waals surface area contributed by atoms with Crippen LogP contribution in [0.1, 0.15) is 6.92 Å². The average molecular weight is 226 g/mol. The third-order valence-electron chi connectivity index (χ3n) is 2.30. The Morgan fingerprint density at radius 1 is 1.80 bits per heavy atom. The summed E-state index contributed by atoms with van der Waals surface area (Å²) in [5, 5.41) is 8.57. The molecule has 0 saturated carbocycles. The molecule has 2 amide bonds. The number of hydrogen-bond acceptors (Lipinski definition) is 4. The zero-order valence-electron chi connectivity index (χ0n) is 8.56. The van der Waals surface area contributed by atoms with E-state index < -0.39 is 0 Å². The fraction of sp³-hybridized carbons (Fsp3) is 0.556. The lowest BCUT2D eigenvalue weighted by atomic mass is 10.2. The van der Waals surface area contributed by atoms with E-state index in [4.69, 9.17) is 0 Å². The minimum atomic E-state index is -0.0571. The monoisotopic (exact) mass is 226 g/mol. The fourth-order valence-electron chi connectivity index (χ4n) is 1.57. The van der Waals surface area contributed by atoms with E-state index in [9.17, 15) is 4.79 Å². The smallest absolute Gasteiger partial charge is 0.322 e. The molecule has 0 spiro atoms. The van der Waals surface area contributed by atoms with Crippen LogP contribution < -0.4 is 10.6 Å². The minimum absolute atomic E-state index is 0.0571. The van der Waals surface area contributed by atoms with Crippen molar-refractivity contribution in [2.24, 2.45) is 0 Å². The Balaban J connectivity index is 1.90. The Labute approximate surface area is 92.5 Å². The molecule has 1 aliphatic heterocycles. The largest absolute Gasteiger partial charge is 0.323 e. The first-order chi connectivity index (χ1) is 7.25. The lowest BCUT2D eigenvalue weighted by molar-refractivity contribution is 0.192. The van der Waals surface area contributed by atoms with Gasteiger partial charge in [0.05, 0.1) is 0 Å². The zero-order valence-corrected chi connectivity index (χ0v) is 9.38. The molecule has 2 N–H and O–H groups in total. The maximum atomic E-state index is 11.8. The second-order valence-electron chi connectivity index (χ2n) is 3.57. The van der Waals surface area contributed by atoms with Gasteiger partial charge in [0.25, 0.3) is 0 Å². The molecule has 1 aliphatic rings. The summed E-state index contributed by atoms with van der Waals surface area (Å²) in [5.74, 6) is 0. The summed E-state index contributed by atoms with van der Waals surface area (Å²) in [5.41, 5.74) is 0. The van der Waals surface area contributed by atoms with Crippen LogP contribution in [0, 0.1) is 0 Å². The molecule has 5 nitrogen and oxygen atoms in total. The van der Waals surface area contributed by atoms with E-state index in [0.717, 1.165) is 19.6 Å². The van der Waals surface area contributed by atoms with Crippen molar-refractivity contribution in [3.05, 3.63) is 11.6 Å². The van der Waals surface area contributed by atoms with E-state index in [1.165, 1.54) is 11.3 Å². The topological polar surface area (TPSA) is 57.3 Å². The molecule has 1 aromatic heterocycles. The number of hydrogen-bond donors (Lipinski definition) is 2. The molecule has 6 heteroatoms. The number of nitrogens with zero attached hydrogens (tertiary/aromatic N) is 2. The van der Waals surface area contributed by atoms with Crippen LogP contribution >= 0.6 is 11.3 Å². The van der Waals surface area contributed by atoms with Crippen molar-refractivity contribution in [1.29, 1.82) is 0 Å². The maximum absolute atomic E-state index is 11.8. The van der Waals surface area contributed by atoms with Crippen LogP contribution in [0.3, 0.4) is 0 Å². The number of carbonyl (C=O) groups is 1. The second-order valence-corrected chi connectivity index (χ2v) is 4.46. The Hall–Kier alpha value is -1.14. The molecule has 2 heterocycles. The lowest BCUT2D eigenvalue weighted by Gasteiger charge is -2.31. The molecule has 1 fully saturated rings. The van der Waals surface area contributed by atoms with Gasteiger partial charge in [-0.3, -0.25) is 5.32 Å². The maximum Gasteiger partial charge on any atom is 0.323 e. The number of aromatic nitrogens is 1. The highest BCUT2D eigenvalue weighted by molar-refractivity contribution is 7.13. The molecular formula is C9H14N4OS. The SMILES string of the molecule is CC1CN(C(=O)Nc2nccs2)CCN1. The van der Waals surface area contributed by atoms with Gasteiger partial charge in [-0.2, -0.15) is 0 Å². The number of amides is 2. The molecule has 1 atom stereocenters. The highest BCUT2D eigenvalue weighted by Crippen LogP contribution is 2.11. The van der Waals surface area contributed by atoms with Gasteiger partial charge in [0.15, 0.2) is 5.13 Å². The number of carbonyl (C=O) groups excluding carboxylic acids is 1. The van der Waals surface area contributed by atoms with Gasteiger partial charge < -0.3 is 10.2 Å². The highest BCUT2D eigenvalue weighted by atomic mass is 32.1. The summed E-state index contributed by atoms with van der Waals surface area (Å²) in [7, 11) is 0. The predicted octanol–water partition coefficient (Wildman–Crippen LogP) is 0.969. The summed E-state index contributed by atoms with van der Waals surface area (Å²) in [6.07, 6.45) is 1.68. The minimum Gasteiger partial charge on any atom is -0.322 e. The molecule has 1 unspecified atom stereocenters. The number of urea groups is 1. The first kappa shape index (κ1) is 10.4. The first-order valence-electron chi connectivity index (χ1n) is 4.94. The van der Waals surface area contributed by atoms with Gasteiger partial charge in [0.1, 0.15) is 0 Å². The third kappa shape index (κ3) is 2.66. The van der Waals surface area contributed by atoms with Crippen LogP contribution in [0.15, 0.2) is 11.6 Å². The summed E-state index contributed by atoms with van der Waals surface area (Å²) in [6, 6.07) is 0.305. The van der Waals surface area contributed by atoms with E-state index in [1.807, 2.05) is 10.3 Å². The quantitative estimate of drug-likeness (QED) is 0.750. The summed E-state index contributed by atoms with van der Waals surface area (Å²) < 4.78 is 0. The van der Waals surface area contributed by atoms with Gasteiger partial charge in [-0.1, -0.05) is 0 Å². The third-order valence-corrected chi connectivity index (χ3v) is 2.99. The molecule has 15 heavy (non-hydrogen) atoms. The van der Waals surface area contributed by atoms with Crippen molar-refractivity contribution in [2.45, 2.75) is 13.0 Å². The average Bonchev–Trinajstić information content (AvgIpc) is 2.70. The molecule has 1 aromatic rings. The van der Waals surface area contributed by atoms with Crippen LogP contribution in [-0.2, 0) is 0 Å². The van der Waals surface area contributed by atoms with Gasteiger partial charge >= 0.3 is 6.03 Å². The van der Waals surface area contributed by atoms with Gasteiger partial charge in [0.2, 0.25) is 0 Å². The Morgan fingerprint density at radius 3 is 3.33 bits per heavy atom. The van der Waals surface area contributed by atoms with E-state index in [-0.39, 0.29) is 6.03 Å². The molecule has 0 radical (unpaired) electrons. The van der Waals surface area contributed by atoms with Gasteiger partial charge in [-0.05, 0) is 6.92 Å². The Morgan fingerprint density at radius 2 is 2.67 bits per heavy atom. The molecular weight excluding hydrogens is 212 g/mol. The van der Waals surface area contributed by atoms with Crippen LogP contribution in [0.4, 0.5) is 9.93 Å². The van der Waals surface area contributed by atoms with E-state index in [2.05, 4.69) is 22.5 Å². The summed E-state index contributed by atoms with van der Waals surface area (Å²) >= 11 is 1.43. The van der Waals surface area contributed by atoms with E-state index in [0.29, 0.717) is 11.2 Å². The molecule has 0 aliphatic carbocycles. The molecule has 2 rings (SSSR count). The highest BCUT2D eigenvalue weighted by Gasteiger charge is 2.20. The molecule has 1 saturated heterocycles. The van der Waals surface area contributed by atoms with Gasteiger partial charge in [-0.25, -0.2) is 9.78 Å². The first-order valence-corrected chi connectivity index (χ1v) is 5.82. The standard InChI is InChI=1S/C9H14N4OS/c1-7-6-13(4-2-10-7)9(14)12-8-11-3-5-15-8/h3,5,7,10H,2,4,6H2,1H3,(H,11,12,14). The molecule has 0 aromatic carbocycles. The van der Waals surface area contributed by atoms with Gasteiger partial charge in [-0.15, -0.1) is 11.3 Å². The van der Waals surface area contributed by atoms with Crippen molar-refractivity contribution >= 4 is 22.5 Å².